The molecule has 1 aromatic heterocycles. The summed E-state index contributed by atoms with van der Waals surface area (Å²) in [5.74, 6) is -1.67. The van der Waals surface area contributed by atoms with E-state index in [1.54, 1.807) is 0 Å². The maximum absolute atomic E-state index is 13.0. The van der Waals surface area contributed by atoms with Crippen LogP contribution in [0.1, 0.15) is 21.7 Å². The minimum atomic E-state index is -4.94. The van der Waals surface area contributed by atoms with Gasteiger partial charge in [0.2, 0.25) is 5.43 Å². The molecule has 2 aromatic carbocycles. The average molecular weight is 457 g/mol. The zero-order valence-corrected chi connectivity index (χ0v) is 16.1. The molecular weight excluding hydrogens is 444 g/mol. The summed E-state index contributed by atoms with van der Waals surface area (Å²) in [5, 5.41) is 6.07. The number of aryl methyl sites for hydroxylation is 1. The second-order valence-corrected chi connectivity index (χ2v) is 6.49. The number of rotatable bonds is 4. The van der Waals surface area contributed by atoms with Crippen LogP contribution in [0, 0.1) is 6.92 Å². The summed E-state index contributed by atoms with van der Waals surface area (Å²) in [6, 6.07) is 9.42. The van der Waals surface area contributed by atoms with Crippen molar-refractivity contribution >= 4 is 11.6 Å². The van der Waals surface area contributed by atoms with Crippen LogP contribution in [0.2, 0.25) is 0 Å². The number of hydrogen-bond acceptors (Lipinski definition) is 4. The maximum Gasteiger partial charge on any atom is 0.573 e. The minimum absolute atomic E-state index is 0.0491. The summed E-state index contributed by atoms with van der Waals surface area (Å²) < 4.78 is 80.9. The second kappa shape index (κ2) is 8.36. The Morgan fingerprint density at radius 3 is 2.34 bits per heavy atom. The number of alkyl halides is 6. The molecule has 0 aliphatic carbocycles. The molecule has 1 amide bonds. The molecule has 1 heterocycles. The van der Waals surface area contributed by atoms with Crippen molar-refractivity contribution in [1.82, 2.24) is 9.78 Å². The minimum Gasteiger partial charge on any atom is -0.406 e. The van der Waals surface area contributed by atoms with Crippen LogP contribution < -0.4 is 15.5 Å². The van der Waals surface area contributed by atoms with Gasteiger partial charge in [0.25, 0.3) is 5.91 Å². The number of hydrogen-bond donors (Lipinski definition) is 1. The van der Waals surface area contributed by atoms with Crippen molar-refractivity contribution in [2.45, 2.75) is 19.5 Å². The summed E-state index contributed by atoms with van der Waals surface area (Å²) in [6.45, 7) is 1.41. The van der Waals surface area contributed by atoms with Crippen molar-refractivity contribution in [2.24, 2.45) is 0 Å². The smallest absolute Gasteiger partial charge is 0.406 e. The van der Waals surface area contributed by atoms with Gasteiger partial charge in [0, 0.05) is 23.5 Å². The van der Waals surface area contributed by atoms with Gasteiger partial charge in [-0.05, 0) is 37.3 Å². The Morgan fingerprint density at radius 2 is 1.69 bits per heavy atom. The van der Waals surface area contributed by atoms with Crippen molar-refractivity contribution in [3.63, 3.8) is 0 Å². The maximum atomic E-state index is 13.0. The van der Waals surface area contributed by atoms with Gasteiger partial charge in [-0.25, -0.2) is 4.68 Å². The highest BCUT2D eigenvalue weighted by molar-refractivity contribution is 6.02. The van der Waals surface area contributed by atoms with Crippen molar-refractivity contribution in [3.05, 3.63) is 81.8 Å². The largest absolute Gasteiger partial charge is 0.573 e. The van der Waals surface area contributed by atoms with Crippen LogP contribution in [0.25, 0.3) is 5.69 Å². The van der Waals surface area contributed by atoms with Gasteiger partial charge < -0.3 is 10.1 Å². The quantitative estimate of drug-likeness (QED) is 0.576. The first-order chi connectivity index (χ1) is 14.8. The lowest BCUT2D eigenvalue weighted by molar-refractivity contribution is -0.274. The van der Waals surface area contributed by atoms with Crippen molar-refractivity contribution in [1.29, 1.82) is 0 Å². The molecule has 0 spiro atoms. The molecule has 0 saturated heterocycles. The van der Waals surface area contributed by atoms with Gasteiger partial charge in [0.05, 0.1) is 11.3 Å². The normalized spacial score (nSPS) is 11.8. The van der Waals surface area contributed by atoms with Crippen LogP contribution in [-0.2, 0) is 6.18 Å². The number of nitrogens with one attached hydrogen (secondary N) is 1. The Balaban J connectivity index is 1.94. The fourth-order valence-corrected chi connectivity index (χ4v) is 2.74. The van der Waals surface area contributed by atoms with Crippen LogP contribution in [0.4, 0.5) is 32.0 Å². The highest BCUT2D eigenvalue weighted by Crippen LogP contribution is 2.30. The molecule has 0 bridgehead atoms. The molecule has 12 heteroatoms. The predicted octanol–water partition coefficient (Wildman–Crippen LogP) is 4.71. The fraction of sp³-hybridized carbons (Fsp3) is 0.150. The lowest BCUT2D eigenvalue weighted by Crippen LogP contribution is -2.27. The molecular formula is C20H13F6N3O3. The van der Waals surface area contributed by atoms with Gasteiger partial charge in [0.1, 0.15) is 5.75 Å². The molecule has 0 saturated carbocycles. The number of benzene rings is 2. The number of carbonyl (C=O) groups is 1. The predicted molar refractivity (Wildman–Crippen MR) is 101 cm³/mol. The molecule has 0 atom stereocenters. The lowest BCUT2D eigenvalue weighted by atomic mass is 10.2. The van der Waals surface area contributed by atoms with Crippen LogP contribution in [0.5, 0.6) is 5.75 Å². The van der Waals surface area contributed by atoms with E-state index in [1.165, 1.54) is 25.1 Å². The molecule has 3 rings (SSSR count). The van der Waals surface area contributed by atoms with Gasteiger partial charge in [-0.3, -0.25) is 9.59 Å². The van der Waals surface area contributed by atoms with E-state index in [-0.39, 0.29) is 17.1 Å². The van der Waals surface area contributed by atoms with E-state index in [0.29, 0.717) is 0 Å². The molecule has 6 nitrogen and oxygen atoms in total. The van der Waals surface area contributed by atoms with E-state index < -0.39 is 40.9 Å². The van der Waals surface area contributed by atoms with Gasteiger partial charge >= 0.3 is 12.5 Å². The number of carbonyl (C=O) groups excluding carboxylic acids is 1. The molecule has 0 aliphatic heterocycles. The summed E-state index contributed by atoms with van der Waals surface area (Å²) in [4.78, 5) is 24.8. The first-order valence-corrected chi connectivity index (χ1v) is 8.79. The SMILES string of the molecule is Cc1cc(=O)c(C(=O)Nc2cccc(OC(F)(F)F)c2)nn1-c1cccc(C(F)(F)F)c1. The Morgan fingerprint density at radius 1 is 1.00 bits per heavy atom. The molecule has 0 aliphatic rings. The van der Waals surface area contributed by atoms with E-state index in [2.05, 4.69) is 15.2 Å². The number of ether oxygens (including phenoxy) is 1. The first kappa shape index (κ1) is 22.8. The lowest BCUT2D eigenvalue weighted by Gasteiger charge is -2.14. The highest BCUT2D eigenvalue weighted by Gasteiger charge is 2.32. The van der Waals surface area contributed by atoms with Crippen molar-refractivity contribution in [3.8, 4) is 11.4 Å². The third kappa shape index (κ3) is 5.45. The number of amides is 1. The highest BCUT2D eigenvalue weighted by atomic mass is 19.4. The van der Waals surface area contributed by atoms with Crippen LogP contribution in [0.3, 0.4) is 0 Å². The second-order valence-electron chi connectivity index (χ2n) is 6.49. The number of anilines is 1. The monoisotopic (exact) mass is 457 g/mol. The molecule has 168 valence electrons. The van der Waals surface area contributed by atoms with E-state index in [4.69, 9.17) is 0 Å². The molecule has 1 N–H and O–H groups in total. The van der Waals surface area contributed by atoms with Crippen LogP contribution >= 0.6 is 0 Å². The van der Waals surface area contributed by atoms with Gasteiger partial charge in [-0.2, -0.15) is 18.3 Å². The van der Waals surface area contributed by atoms with Crippen molar-refractivity contribution in [2.75, 3.05) is 5.32 Å². The Labute approximate surface area is 176 Å². The van der Waals surface area contributed by atoms with E-state index in [1.807, 2.05) is 0 Å². The third-order valence-corrected chi connectivity index (χ3v) is 4.07. The van der Waals surface area contributed by atoms with E-state index in [0.717, 1.165) is 41.1 Å². The molecule has 0 fully saturated rings. The van der Waals surface area contributed by atoms with Crippen LogP contribution in [-0.4, -0.2) is 22.1 Å². The Bertz CT molecular complexity index is 1220. The standard InChI is InChI=1S/C20H13F6N3O3/c1-11-8-16(30)17(28-29(11)14-6-2-4-12(9-14)19(21,22)23)18(31)27-13-5-3-7-15(10-13)32-20(24,25)26/h2-10H,1H3,(H,27,31). The first-order valence-electron chi connectivity index (χ1n) is 8.79. The summed E-state index contributed by atoms with van der Waals surface area (Å²) in [6.07, 6.45) is -9.56. The molecule has 32 heavy (non-hydrogen) atoms. The molecule has 0 radical (unpaired) electrons. The van der Waals surface area contributed by atoms with Gasteiger partial charge in [0.15, 0.2) is 5.69 Å². The van der Waals surface area contributed by atoms with E-state index >= 15 is 0 Å². The Hall–Kier alpha value is -3.83. The van der Waals surface area contributed by atoms with Gasteiger partial charge in [-0.1, -0.05) is 12.1 Å². The van der Waals surface area contributed by atoms with Crippen molar-refractivity contribution < 1.29 is 35.9 Å². The number of nitrogens with zero attached hydrogens (tertiary/aromatic N) is 2. The summed E-state index contributed by atoms with van der Waals surface area (Å²) in [7, 11) is 0. The summed E-state index contributed by atoms with van der Waals surface area (Å²) >= 11 is 0. The average Bonchev–Trinajstić information content (AvgIpc) is 2.66. The van der Waals surface area contributed by atoms with Gasteiger partial charge in [-0.15, -0.1) is 13.2 Å². The topological polar surface area (TPSA) is 73.2 Å². The zero-order chi connectivity index (χ0) is 23.7. The number of halogens is 6. The fourth-order valence-electron chi connectivity index (χ4n) is 2.74. The van der Waals surface area contributed by atoms with Crippen LogP contribution in [0.15, 0.2) is 59.4 Å². The molecule has 3 aromatic rings. The zero-order valence-electron chi connectivity index (χ0n) is 16.1. The molecule has 0 unspecified atom stereocenters. The van der Waals surface area contributed by atoms with E-state index in [9.17, 15) is 35.9 Å². The third-order valence-electron chi connectivity index (χ3n) is 4.07. The number of aromatic nitrogens is 2. The summed E-state index contributed by atoms with van der Waals surface area (Å²) in [5.41, 5.74) is -2.47. The Kier molecular flexibility index (Phi) is 5.97.